The first-order valence-corrected chi connectivity index (χ1v) is 12.1. The van der Waals surface area contributed by atoms with E-state index in [-0.39, 0.29) is 0 Å². The van der Waals surface area contributed by atoms with Crippen LogP contribution >= 0.6 is 0 Å². The van der Waals surface area contributed by atoms with E-state index >= 15 is 0 Å². The smallest absolute Gasteiger partial charge is 0.222 e. The Balaban J connectivity index is 1.23. The fourth-order valence-electron chi connectivity index (χ4n) is 5.09. The molecule has 1 amide bonds. The number of rotatable bonds is 7. The highest BCUT2D eigenvalue weighted by Gasteiger charge is 2.25. The molecule has 0 bridgehead atoms. The Morgan fingerprint density at radius 3 is 2.48 bits per heavy atom. The van der Waals surface area contributed by atoms with Crippen LogP contribution in [0.1, 0.15) is 73.8 Å². The number of likely N-dealkylation sites (tertiary alicyclic amines) is 2. The quantitative estimate of drug-likeness (QED) is 0.637. The summed E-state index contributed by atoms with van der Waals surface area (Å²) in [6, 6.07) is 13.5. The minimum absolute atomic E-state index is 0.339. The van der Waals surface area contributed by atoms with Gasteiger partial charge in [0.1, 0.15) is 0 Å². The van der Waals surface area contributed by atoms with E-state index in [9.17, 15) is 4.79 Å². The summed E-state index contributed by atoms with van der Waals surface area (Å²) in [7, 11) is 0. The standard InChI is InChI=1S/C27H37N3O/c1-21-7-3-4-8-25(21)19-23-10-11-26(28-20-23)24-13-17-30(18-14-24)27(31)12-9-22(2)29-15-5-6-16-29/h3-4,7-8,10-11,20,22,24H,5-6,9,12-19H2,1-2H3. The average molecular weight is 420 g/mol. The van der Waals surface area contributed by atoms with Crippen molar-refractivity contribution in [3.05, 3.63) is 65.0 Å². The second-order valence-corrected chi connectivity index (χ2v) is 9.48. The fraction of sp³-hybridized carbons (Fsp3) is 0.556. The lowest BCUT2D eigenvalue weighted by atomic mass is 9.92. The van der Waals surface area contributed by atoms with Gasteiger partial charge in [0.05, 0.1) is 0 Å². The van der Waals surface area contributed by atoms with E-state index in [1.165, 1.54) is 48.3 Å². The van der Waals surface area contributed by atoms with Crippen molar-refractivity contribution in [3.8, 4) is 0 Å². The molecule has 4 rings (SSSR count). The normalized spacial score (nSPS) is 19.0. The Hall–Kier alpha value is -2.20. The summed E-state index contributed by atoms with van der Waals surface area (Å²) in [4.78, 5) is 22.1. The number of pyridine rings is 1. The molecule has 0 saturated carbocycles. The summed E-state index contributed by atoms with van der Waals surface area (Å²) in [5.41, 5.74) is 5.14. The highest BCUT2D eigenvalue weighted by atomic mass is 16.2. The van der Waals surface area contributed by atoms with Crippen molar-refractivity contribution in [1.82, 2.24) is 14.8 Å². The first kappa shape index (κ1) is 22.0. The highest BCUT2D eigenvalue weighted by Crippen LogP contribution is 2.28. The van der Waals surface area contributed by atoms with Gasteiger partial charge in [0.25, 0.3) is 0 Å². The average Bonchev–Trinajstić information content (AvgIpc) is 3.35. The molecule has 166 valence electrons. The van der Waals surface area contributed by atoms with Crippen LogP contribution in [-0.2, 0) is 11.2 Å². The predicted molar refractivity (Wildman–Crippen MR) is 126 cm³/mol. The predicted octanol–water partition coefficient (Wildman–Crippen LogP) is 4.95. The van der Waals surface area contributed by atoms with Gasteiger partial charge >= 0.3 is 0 Å². The summed E-state index contributed by atoms with van der Waals surface area (Å²) < 4.78 is 0. The van der Waals surface area contributed by atoms with Crippen molar-refractivity contribution in [2.45, 2.75) is 70.8 Å². The third-order valence-electron chi connectivity index (χ3n) is 7.31. The number of nitrogens with zero attached hydrogens (tertiary/aromatic N) is 3. The molecule has 0 aliphatic carbocycles. The highest BCUT2D eigenvalue weighted by molar-refractivity contribution is 5.76. The summed E-state index contributed by atoms with van der Waals surface area (Å²) >= 11 is 0. The van der Waals surface area contributed by atoms with Crippen LogP contribution in [0, 0.1) is 6.92 Å². The van der Waals surface area contributed by atoms with Gasteiger partial charge in [0.2, 0.25) is 5.91 Å². The molecule has 1 atom stereocenters. The van der Waals surface area contributed by atoms with Crippen LogP contribution in [0.15, 0.2) is 42.6 Å². The molecule has 1 aromatic carbocycles. The number of hydrogen-bond donors (Lipinski definition) is 0. The van der Waals surface area contributed by atoms with Gasteiger partial charge in [0, 0.05) is 43.4 Å². The molecular weight excluding hydrogens is 382 g/mol. The van der Waals surface area contributed by atoms with E-state index in [0.29, 0.717) is 24.3 Å². The van der Waals surface area contributed by atoms with Gasteiger partial charge in [-0.1, -0.05) is 30.3 Å². The van der Waals surface area contributed by atoms with E-state index in [4.69, 9.17) is 4.98 Å². The molecule has 4 heteroatoms. The Labute approximate surface area is 187 Å². The molecule has 3 heterocycles. The van der Waals surface area contributed by atoms with Crippen molar-refractivity contribution in [3.63, 3.8) is 0 Å². The molecule has 4 nitrogen and oxygen atoms in total. The number of benzene rings is 1. The van der Waals surface area contributed by atoms with Crippen LogP contribution in [0.3, 0.4) is 0 Å². The summed E-state index contributed by atoms with van der Waals surface area (Å²) in [6.45, 7) is 8.59. The second kappa shape index (κ2) is 10.4. The zero-order chi connectivity index (χ0) is 21.6. The minimum Gasteiger partial charge on any atom is -0.343 e. The monoisotopic (exact) mass is 419 g/mol. The van der Waals surface area contributed by atoms with Gasteiger partial charge in [-0.05, 0) is 88.2 Å². The molecule has 2 aliphatic rings. The molecule has 31 heavy (non-hydrogen) atoms. The number of aryl methyl sites for hydroxylation is 1. The SMILES string of the molecule is Cc1ccccc1Cc1ccc(C2CCN(C(=O)CCC(C)N3CCCC3)CC2)nc1. The first-order chi connectivity index (χ1) is 15.1. The zero-order valence-electron chi connectivity index (χ0n) is 19.2. The molecule has 1 aromatic heterocycles. The fourth-order valence-corrected chi connectivity index (χ4v) is 5.09. The van der Waals surface area contributed by atoms with Crippen molar-refractivity contribution >= 4 is 5.91 Å². The van der Waals surface area contributed by atoms with E-state index in [1.54, 1.807) is 0 Å². The zero-order valence-corrected chi connectivity index (χ0v) is 19.2. The molecule has 0 N–H and O–H groups in total. The Morgan fingerprint density at radius 1 is 1.06 bits per heavy atom. The van der Waals surface area contributed by atoms with Crippen LogP contribution in [0.5, 0.6) is 0 Å². The van der Waals surface area contributed by atoms with Crippen molar-refractivity contribution in [1.29, 1.82) is 0 Å². The summed E-state index contributed by atoms with van der Waals surface area (Å²) in [5, 5.41) is 0. The number of carbonyl (C=O) groups is 1. The van der Waals surface area contributed by atoms with Crippen LogP contribution < -0.4 is 0 Å². The Morgan fingerprint density at radius 2 is 1.81 bits per heavy atom. The van der Waals surface area contributed by atoms with Gasteiger partial charge in [0.15, 0.2) is 0 Å². The van der Waals surface area contributed by atoms with Crippen molar-refractivity contribution < 1.29 is 4.79 Å². The molecule has 2 saturated heterocycles. The van der Waals surface area contributed by atoms with Crippen LogP contribution in [0.4, 0.5) is 0 Å². The van der Waals surface area contributed by atoms with E-state index in [1.807, 2.05) is 6.20 Å². The maximum Gasteiger partial charge on any atom is 0.222 e. The lowest BCUT2D eigenvalue weighted by Crippen LogP contribution is -2.39. The van der Waals surface area contributed by atoms with Crippen molar-refractivity contribution in [2.75, 3.05) is 26.2 Å². The van der Waals surface area contributed by atoms with Gasteiger partial charge in [-0.2, -0.15) is 0 Å². The Kier molecular flexibility index (Phi) is 7.39. The topological polar surface area (TPSA) is 36.4 Å². The molecule has 1 unspecified atom stereocenters. The van der Waals surface area contributed by atoms with Crippen LogP contribution in [-0.4, -0.2) is 52.9 Å². The molecule has 2 fully saturated rings. The number of amides is 1. The lowest BCUT2D eigenvalue weighted by Gasteiger charge is -2.32. The van der Waals surface area contributed by atoms with Gasteiger partial charge in [-0.15, -0.1) is 0 Å². The maximum atomic E-state index is 12.7. The van der Waals surface area contributed by atoms with Gasteiger partial charge < -0.3 is 9.80 Å². The molecular formula is C27H37N3O. The lowest BCUT2D eigenvalue weighted by molar-refractivity contribution is -0.132. The third-order valence-corrected chi connectivity index (χ3v) is 7.31. The summed E-state index contributed by atoms with van der Waals surface area (Å²) in [6.07, 6.45) is 9.33. The van der Waals surface area contributed by atoms with Gasteiger partial charge in [-0.3, -0.25) is 9.78 Å². The molecule has 2 aromatic rings. The number of piperidine rings is 1. The van der Waals surface area contributed by atoms with E-state index in [2.05, 4.69) is 60.0 Å². The molecule has 0 spiro atoms. The minimum atomic E-state index is 0.339. The third kappa shape index (κ3) is 5.74. The van der Waals surface area contributed by atoms with E-state index < -0.39 is 0 Å². The molecule has 0 radical (unpaired) electrons. The number of hydrogen-bond acceptors (Lipinski definition) is 3. The number of aromatic nitrogens is 1. The van der Waals surface area contributed by atoms with Crippen LogP contribution in [0.25, 0.3) is 0 Å². The first-order valence-electron chi connectivity index (χ1n) is 12.1. The van der Waals surface area contributed by atoms with E-state index in [0.717, 1.165) is 38.8 Å². The second-order valence-electron chi connectivity index (χ2n) is 9.48. The Bertz CT molecular complexity index is 849. The van der Waals surface area contributed by atoms with Gasteiger partial charge in [-0.25, -0.2) is 0 Å². The summed E-state index contributed by atoms with van der Waals surface area (Å²) in [5.74, 6) is 0.811. The van der Waals surface area contributed by atoms with Crippen molar-refractivity contribution in [2.24, 2.45) is 0 Å². The number of carbonyl (C=O) groups excluding carboxylic acids is 1. The van der Waals surface area contributed by atoms with Crippen LogP contribution in [0.2, 0.25) is 0 Å². The largest absolute Gasteiger partial charge is 0.343 e. The molecule has 2 aliphatic heterocycles. The maximum absolute atomic E-state index is 12.7.